The first kappa shape index (κ1) is 20.6. The van der Waals surface area contributed by atoms with E-state index < -0.39 is 11.7 Å². The van der Waals surface area contributed by atoms with Gasteiger partial charge in [-0.05, 0) is 24.6 Å². The topological polar surface area (TPSA) is 43.6 Å². The number of aryl methyl sites for hydroxylation is 1. The van der Waals surface area contributed by atoms with E-state index in [2.05, 4.69) is 31.9 Å². The third-order valence-corrected chi connectivity index (χ3v) is 6.39. The highest BCUT2D eigenvalue weighted by atomic mass is 32.2. The van der Waals surface area contributed by atoms with E-state index in [1.54, 1.807) is 0 Å². The largest absolute Gasteiger partial charge is 0.416 e. The highest BCUT2D eigenvalue weighted by molar-refractivity contribution is 7.98. The van der Waals surface area contributed by atoms with Gasteiger partial charge in [0.25, 0.3) is 0 Å². The molecule has 0 fully saturated rings. The number of thioether (sulfide) groups is 1. The van der Waals surface area contributed by atoms with Crippen molar-refractivity contribution >= 4 is 23.1 Å². The number of benzene rings is 2. The van der Waals surface area contributed by atoms with Crippen LogP contribution in [-0.2, 0) is 18.5 Å². The zero-order valence-corrected chi connectivity index (χ0v) is 17.6. The summed E-state index contributed by atoms with van der Waals surface area (Å²) >= 11 is 2.95. The van der Waals surface area contributed by atoms with Crippen molar-refractivity contribution in [1.82, 2.24) is 19.7 Å². The summed E-state index contributed by atoms with van der Waals surface area (Å²) in [6.07, 6.45) is -4.34. The summed E-state index contributed by atoms with van der Waals surface area (Å²) < 4.78 is 40.3. The molecule has 0 spiro atoms. The molecule has 0 N–H and O–H groups in total. The molecule has 0 saturated carbocycles. The molecule has 2 aromatic heterocycles. The molecule has 0 atom stereocenters. The zero-order valence-electron chi connectivity index (χ0n) is 15.9. The van der Waals surface area contributed by atoms with Gasteiger partial charge < -0.3 is 4.57 Å². The molecule has 0 bridgehead atoms. The number of rotatable bonds is 6. The summed E-state index contributed by atoms with van der Waals surface area (Å²) in [7, 11) is 0. The number of halogens is 3. The molecule has 0 radical (unpaired) electrons. The number of aromatic nitrogens is 4. The van der Waals surface area contributed by atoms with Crippen LogP contribution >= 0.6 is 23.1 Å². The first-order chi connectivity index (χ1) is 14.4. The molecule has 0 saturated heterocycles. The van der Waals surface area contributed by atoms with Gasteiger partial charge in [0.2, 0.25) is 0 Å². The summed E-state index contributed by atoms with van der Waals surface area (Å²) in [5.74, 6) is 1.44. The lowest BCUT2D eigenvalue weighted by molar-refractivity contribution is -0.137. The molecule has 0 amide bonds. The molecule has 2 heterocycles. The Morgan fingerprint density at radius 1 is 1.00 bits per heavy atom. The van der Waals surface area contributed by atoms with Crippen molar-refractivity contribution in [2.75, 3.05) is 0 Å². The second-order valence-corrected chi connectivity index (χ2v) is 8.41. The Kier molecular flexibility index (Phi) is 5.92. The van der Waals surface area contributed by atoms with Crippen LogP contribution in [0.4, 0.5) is 13.2 Å². The standard InChI is InChI=1S/C21H17F3N4S2/c1-14-26-27-20(28(14)11-15-5-3-2-4-6-15)30-13-18-12-29-19(25-18)16-7-9-17(10-8-16)21(22,23)24/h2-10,12H,11,13H2,1H3. The Morgan fingerprint density at radius 2 is 1.73 bits per heavy atom. The van der Waals surface area contributed by atoms with E-state index in [9.17, 15) is 13.2 Å². The van der Waals surface area contributed by atoms with Gasteiger partial charge in [-0.1, -0.05) is 54.2 Å². The predicted molar refractivity (Wildman–Crippen MR) is 112 cm³/mol. The summed E-state index contributed by atoms with van der Waals surface area (Å²) in [5, 5.41) is 11.9. The average Bonchev–Trinajstić information content (AvgIpc) is 3.34. The summed E-state index contributed by atoms with van der Waals surface area (Å²) in [6, 6.07) is 15.2. The van der Waals surface area contributed by atoms with Crippen LogP contribution in [0.1, 0.15) is 22.6 Å². The smallest absolute Gasteiger partial charge is 0.302 e. The van der Waals surface area contributed by atoms with Gasteiger partial charge >= 0.3 is 6.18 Å². The van der Waals surface area contributed by atoms with Crippen molar-refractivity contribution in [3.05, 3.63) is 82.6 Å². The van der Waals surface area contributed by atoms with Crippen LogP contribution in [0.2, 0.25) is 0 Å². The van der Waals surface area contributed by atoms with Crippen LogP contribution in [0, 0.1) is 6.92 Å². The summed E-state index contributed by atoms with van der Waals surface area (Å²) in [4.78, 5) is 4.57. The third-order valence-electron chi connectivity index (χ3n) is 4.45. The monoisotopic (exact) mass is 446 g/mol. The quantitative estimate of drug-likeness (QED) is 0.337. The molecule has 0 aliphatic heterocycles. The zero-order chi connectivity index (χ0) is 21.1. The minimum atomic E-state index is -4.34. The third kappa shape index (κ3) is 4.73. The summed E-state index contributed by atoms with van der Waals surface area (Å²) in [5.41, 5.74) is 2.03. The lowest BCUT2D eigenvalue weighted by Crippen LogP contribution is -2.04. The first-order valence-corrected chi connectivity index (χ1v) is 11.0. The van der Waals surface area contributed by atoms with Crippen LogP contribution < -0.4 is 0 Å². The van der Waals surface area contributed by atoms with E-state index >= 15 is 0 Å². The van der Waals surface area contributed by atoms with Gasteiger partial charge in [0.1, 0.15) is 10.8 Å². The van der Waals surface area contributed by atoms with Crippen LogP contribution in [-0.4, -0.2) is 19.7 Å². The Balaban J connectivity index is 1.44. The fourth-order valence-electron chi connectivity index (χ4n) is 2.86. The van der Waals surface area contributed by atoms with Crippen LogP contribution in [0.15, 0.2) is 65.1 Å². The maximum absolute atomic E-state index is 12.7. The van der Waals surface area contributed by atoms with Crippen molar-refractivity contribution < 1.29 is 13.2 Å². The molecule has 9 heteroatoms. The van der Waals surface area contributed by atoms with Crippen LogP contribution in [0.5, 0.6) is 0 Å². The fourth-order valence-corrected chi connectivity index (χ4v) is 4.67. The number of hydrogen-bond acceptors (Lipinski definition) is 5. The molecular weight excluding hydrogens is 429 g/mol. The molecule has 30 heavy (non-hydrogen) atoms. The SMILES string of the molecule is Cc1nnc(SCc2csc(-c3ccc(C(F)(F)F)cc3)n2)n1Cc1ccccc1. The number of thiazole rings is 1. The molecule has 2 aromatic carbocycles. The molecule has 154 valence electrons. The Labute approximate surface area is 179 Å². The Bertz CT molecular complexity index is 1120. The van der Waals surface area contributed by atoms with Crippen LogP contribution in [0.25, 0.3) is 10.6 Å². The number of nitrogens with zero attached hydrogens (tertiary/aromatic N) is 4. The van der Waals surface area contributed by atoms with Crippen LogP contribution in [0.3, 0.4) is 0 Å². The van der Waals surface area contributed by atoms with Crippen molar-refractivity contribution in [3.63, 3.8) is 0 Å². The molecule has 0 unspecified atom stereocenters. The normalized spacial score (nSPS) is 11.7. The second-order valence-electron chi connectivity index (χ2n) is 6.61. The van der Waals surface area contributed by atoms with Gasteiger partial charge in [-0.25, -0.2) is 4.98 Å². The molecular formula is C21H17F3N4S2. The molecule has 4 nitrogen and oxygen atoms in total. The van der Waals surface area contributed by atoms with Gasteiger partial charge in [-0.2, -0.15) is 13.2 Å². The highest BCUT2D eigenvalue weighted by Crippen LogP contribution is 2.32. The predicted octanol–water partition coefficient (Wildman–Crippen LogP) is 6.07. The van der Waals surface area contributed by atoms with E-state index in [0.717, 1.165) is 28.8 Å². The van der Waals surface area contributed by atoms with Gasteiger partial charge in [0, 0.05) is 16.7 Å². The minimum Gasteiger partial charge on any atom is -0.302 e. The van der Waals surface area contributed by atoms with Crippen molar-refractivity contribution in [1.29, 1.82) is 0 Å². The van der Waals surface area contributed by atoms with E-state index in [1.807, 2.05) is 30.5 Å². The van der Waals surface area contributed by atoms with Crippen molar-refractivity contribution in [3.8, 4) is 10.6 Å². The minimum absolute atomic E-state index is 0.601. The molecule has 4 aromatic rings. The van der Waals surface area contributed by atoms with E-state index in [0.29, 0.717) is 22.9 Å². The lowest BCUT2D eigenvalue weighted by Gasteiger charge is -2.08. The van der Waals surface area contributed by atoms with Gasteiger partial charge in [0.05, 0.1) is 17.8 Å². The Morgan fingerprint density at radius 3 is 2.43 bits per heavy atom. The van der Waals surface area contributed by atoms with Gasteiger partial charge in [-0.15, -0.1) is 21.5 Å². The summed E-state index contributed by atoms with van der Waals surface area (Å²) in [6.45, 7) is 2.61. The number of alkyl halides is 3. The van der Waals surface area contributed by atoms with Crippen molar-refractivity contribution in [2.45, 2.75) is 30.6 Å². The Hall–Kier alpha value is -2.65. The lowest BCUT2D eigenvalue weighted by atomic mass is 10.1. The maximum Gasteiger partial charge on any atom is 0.416 e. The van der Waals surface area contributed by atoms with E-state index in [4.69, 9.17) is 0 Å². The highest BCUT2D eigenvalue weighted by Gasteiger charge is 2.30. The van der Waals surface area contributed by atoms with Gasteiger partial charge in [0.15, 0.2) is 5.16 Å². The second kappa shape index (κ2) is 8.61. The van der Waals surface area contributed by atoms with E-state index in [-0.39, 0.29) is 0 Å². The fraction of sp³-hybridized carbons (Fsp3) is 0.190. The van der Waals surface area contributed by atoms with Gasteiger partial charge in [-0.3, -0.25) is 0 Å². The number of hydrogen-bond donors (Lipinski definition) is 0. The van der Waals surface area contributed by atoms with Crippen molar-refractivity contribution in [2.24, 2.45) is 0 Å². The first-order valence-electron chi connectivity index (χ1n) is 9.09. The molecule has 0 aliphatic rings. The molecule has 4 rings (SSSR count). The van der Waals surface area contributed by atoms with E-state index in [1.165, 1.54) is 40.8 Å². The molecule has 0 aliphatic carbocycles. The average molecular weight is 447 g/mol. The maximum atomic E-state index is 12.7.